The lowest BCUT2D eigenvalue weighted by Crippen LogP contribution is -2.30. The summed E-state index contributed by atoms with van der Waals surface area (Å²) in [5.74, 6) is -2.51. The third-order valence-electron chi connectivity index (χ3n) is 2.33. The Morgan fingerprint density at radius 3 is 2.12 bits per heavy atom. The first kappa shape index (κ1) is 12.8. The first-order valence-electron chi connectivity index (χ1n) is 5.00. The Bertz CT molecular complexity index is 368. The normalized spacial score (nSPS) is 12.9. The van der Waals surface area contributed by atoms with Crippen molar-refractivity contribution in [2.24, 2.45) is 5.92 Å². The largest absolute Gasteiger partial charge is 0.373 e. The molecule has 4 heteroatoms. The molecule has 0 amide bonds. The fraction of sp³-hybridized carbons (Fsp3) is 0.417. The summed E-state index contributed by atoms with van der Waals surface area (Å²) in [7, 11) is 1.35. The summed E-state index contributed by atoms with van der Waals surface area (Å²) < 4.78 is 31.6. The van der Waals surface area contributed by atoms with Crippen molar-refractivity contribution >= 4 is 5.78 Å². The van der Waals surface area contributed by atoms with Crippen molar-refractivity contribution in [3.63, 3.8) is 0 Å². The molecule has 0 heterocycles. The summed E-state index contributed by atoms with van der Waals surface area (Å²) in [5.41, 5.74) is -0.525. The smallest absolute Gasteiger partial charge is 0.197 e. The van der Waals surface area contributed by atoms with Gasteiger partial charge in [0.1, 0.15) is 17.7 Å². The minimum atomic E-state index is -0.854. The van der Waals surface area contributed by atoms with Crippen LogP contribution in [0.1, 0.15) is 24.2 Å². The molecule has 1 aromatic rings. The standard InChI is InChI=1S/C12H14F2O2/c1-7(2)12(16-3)11(15)10-8(13)5-4-6-9(10)14/h4-7,12H,1-3H3. The van der Waals surface area contributed by atoms with E-state index in [0.29, 0.717) is 0 Å². The first-order valence-corrected chi connectivity index (χ1v) is 5.00. The van der Waals surface area contributed by atoms with Crippen molar-refractivity contribution in [2.75, 3.05) is 7.11 Å². The molecule has 0 radical (unpaired) electrons. The molecule has 1 atom stereocenters. The quantitative estimate of drug-likeness (QED) is 0.741. The molecule has 0 bridgehead atoms. The molecular formula is C12H14F2O2. The van der Waals surface area contributed by atoms with Crippen LogP contribution >= 0.6 is 0 Å². The maximum absolute atomic E-state index is 13.3. The number of carbonyl (C=O) groups excluding carboxylic acids is 1. The Kier molecular flexibility index (Phi) is 4.12. The van der Waals surface area contributed by atoms with Gasteiger partial charge in [0.25, 0.3) is 0 Å². The van der Waals surface area contributed by atoms with Crippen LogP contribution in [0, 0.1) is 17.6 Å². The summed E-state index contributed by atoms with van der Waals surface area (Å²) >= 11 is 0. The summed E-state index contributed by atoms with van der Waals surface area (Å²) in [6.45, 7) is 3.51. The zero-order valence-electron chi connectivity index (χ0n) is 9.46. The number of hydrogen-bond acceptors (Lipinski definition) is 2. The van der Waals surface area contributed by atoms with Gasteiger partial charge in [0.2, 0.25) is 0 Å². The summed E-state index contributed by atoms with van der Waals surface area (Å²) in [6, 6.07) is 3.34. The maximum atomic E-state index is 13.3. The van der Waals surface area contributed by atoms with E-state index in [1.165, 1.54) is 13.2 Å². The lowest BCUT2D eigenvalue weighted by atomic mass is 9.97. The number of methoxy groups -OCH3 is 1. The van der Waals surface area contributed by atoms with Crippen LogP contribution in [0.3, 0.4) is 0 Å². The number of carbonyl (C=O) groups is 1. The predicted octanol–water partition coefficient (Wildman–Crippen LogP) is 2.82. The van der Waals surface area contributed by atoms with Crippen LogP contribution in [0.2, 0.25) is 0 Å². The zero-order chi connectivity index (χ0) is 12.3. The molecule has 1 aromatic carbocycles. The highest BCUT2D eigenvalue weighted by molar-refractivity contribution is 6.00. The van der Waals surface area contributed by atoms with Gasteiger partial charge in [-0.15, -0.1) is 0 Å². The van der Waals surface area contributed by atoms with Crippen LogP contribution < -0.4 is 0 Å². The van der Waals surface area contributed by atoms with Crippen LogP contribution in [-0.4, -0.2) is 19.0 Å². The van der Waals surface area contributed by atoms with Crippen molar-refractivity contribution in [3.8, 4) is 0 Å². The molecule has 0 aliphatic carbocycles. The van der Waals surface area contributed by atoms with E-state index in [0.717, 1.165) is 12.1 Å². The molecule has 0 spiro atoms. The Morgan fingerprint density at radius 1 is 1.25 bits per heavy atom. The van der Waals surface area contributed by atoms with Gasteiger partial charge in [-0.25, -0.2) is 8.78 Å². The third kappa shape index (κ3) is 2.44. The number of Topliss-reactive ketones (excluding diaryl/α,β-unsaturated/α-hetero) is 1. The molecule has 0 saturated carbocycles. The second kappa shape index (κ2) is 5.16. The van der Waals surface area contributed by atoms with E-state index in [9.17, 15) is 13.6 Å². The molecule has 0 aliphatic heterocycles. The third-order valence-corrected chi connectivity index (χ3v) is 2.33. The van der Waals surface area contributed by atoms with Gasteiger partial charge in [-0.1, -0.05) is 19.9 Å². The van der Waals surface area contributed by atoms with E-state index in [1.807, 2.05) is 0 Å². The van der Waals surface area contributed by atoms with Gasteiger partial charge in [0.05, 0.1) is 5.56 Å². The average Bonchev–Trinajstić information content (AvgIpc) is 2.17. The molecule has 1 rings (SSSR count). The van der Waals surface area contributed by atoms with Crippen LogP contribution in [0.15, 0.2) is 18.2 Å². The van der Waals surface area contributed by atoms with Crippen LogP contribution in [0.5, 0.6) is 0 Å². The molecule has 0 fully saturated rings. The molecule has 0 saturated heterocycles. The lowest BCUT2D eigenvalue weighted by Gasteiger charge is -2.18. The number of hydrogen-bond donors (Lipinski definition) is 0. The minimum Gasteiger partial charge on any atom is -0.373 e. The van der Waals surface area contributed by atoms with Crippen molar-refractivity contribution in [1.29, 1.82) is 0 Å². The second-order valence-electron chi connectivity index (χ2n) is 3.86. The van der Waals surface area contributed by atoms with Crippen molar-refractivity contribution in [2.45, 2.75) is 20.0 Å². The number of ether oxygens (including phenoxy) is 1. The highest BCUT2D eigenvalue weighted by atomic mass is 19.1. The van der Waals surface area contributed by atoms with Crippen LogP contribution in [0.4, 0.5) is 8.78 Å². The number of benzene rings is 1. The Balaban J connectivity index is 3.13. The van der Waals surface area contributed by atoms with E-state index in [1.54, 1.807) is 13.8 Å². The second-order valence-corrected chi connectivity index (χ2v) is 3.86. The van der Waals surface area contributed by atoms with E-state index in [2.05, 4.69) is 0 Å². The van der Waals surface area contributed by atoms with Crippen molar-refractivity contribution < 1.29 is 18.3 Å². The Hall–Kier alpha value is -1.29. The van der Waals surface area contributed by atoms with Crippen molar-refractivity contribution in [3.05, 3.63) is 35.4 Å². The Morgan fingerprint density at radius 2 is 1.75 bits per heavy atom. The van der Waals surface area contributed by atoms with Gasteiger partial charge < -0.3 is 4.74 Å². The predicted molar refractivity (Wildman–Crippen MR) is 56.3 cm³/mol. The molecule has 0 aromatic heterocycles. The van der Waals surface area contributed by atoms with Gasteiger partial charge in [-0.3, -0.25) is 4.79 Å². The number of rotatable bonds is 4. The summed E-state index contributed by atoms with van der Waals surface area (Å²) in [6.07, 6.45) is -0.827. The van der Waals surface area contributed by atoms with Crippen LogP contribution in [-0.2, 0) is 4.74 Å². The maximum Gasteiger partial charge on any atom is 0.197 e. The fourth-order valence-electron chi connectivity index (χ4n) is 1.56. The summed E-state index contributed by atoms with van der Waals surface area (Å²) in [5, 5.41) is 0. The van der Waals surface area contributed by atoms with Gasteiger partial charge >= 0.3 is 0 Å². The van der Waals surface area contributed by atoms with Crippen LogP contribution in [0.25, 0.3) is 0 Å². The van der Waals surface area contributed by atoms with Crippen molar-refractivity contribution in [1.82, 2.24) is 0 Å². The van der Waals surface area contributed by atoms with Gasteiger partial charge in [0, 0.05) is 7.11 Å². The number of halogens is 2. The fourth-order valence-corrected chi connectivity index (χ4v) is 1.56. The highest BCUT2D eigenvalue weighted by Gasteiger charge is 2.27. The SMILES string of the molecule is COC(C(=O)c1c(F)cccc1F)C(C)C. The monoisotopic (exact) mass is 228 g/mol. The lowest BCUT2D eigenvalue weighted by molar-refractivity contribution is 0.0450. The van der Waals surface area contributed by atoms with Gasteiger partial charge in [-0.05, 0) is 18.1 Å². The Labute approximate surface area is 93.2 Å². The first-order chi connectivity index (χ1) is 7.49. The number of ketones is 1. The molecule has 88 valence electrons. The van der Waals surface area contributed by atoms with E-state index in [-0.39, 0.29) is 5.92 Å². The summed E-state index contributed by atoms with van der Waals surface area (Å²) in [4.78, 5) is 11.9. The minimum absolute atomic E-state index is 0.142. The van der Waals surface area contributed by atoms with Gasteiger partial charge in [-0.2, -0.15) is 0 Å². The molecule has 0 N–H and O–H groups in total. The molecule has 2 nitrogen and oxygen atoms in total. The topological polar surface area (TPSA) is 26.3 Å². The molecule has 16 heavy (non-hydrogen) atoms. The van der Waals surface area contributed by atoms with Gasteiger partial charge in [0.15, 0.2) is 5.78 Å². The van der Waals surface area contributed by atoms with E-state index >= 15 is 0 Å². The average molecular weight is 228 g/mol. The van der Waals surface area contributed by atoms with E-state index < -0.39 is 29.1 Å². The molecular weight excluding hydrogens is 214 g/mol. The molecule has 1 unspecified atom stereocenters. The molecule has 0 aliphatic rings. The van der Waals surface area contributed by atoms with E-state index in [4.69, 9.17) is 4.74 Å². The highest BCUT2D eigenvalue weighted by Crippen LogP contribution is 2.18. The zero-order valence-corrected chi connectivity index (χ0v) is 9.46.